The average Bonchev–Trinajstić information content (AvgIpc) is 3.38. The molecule has 0 radical (unpaired) electrons. The summed E-state index contributed by atoms with van der Waals surface area (Å²) in [5.74, 6) is 2.78. The van der Waals surface area contributed by atoms with Gasteiger partial charge in [0, 0.05) is 29.5 Å². The predicted octanol–water partition coefficient (Wildman–Crippen LogP) is 2.90. The van der Waals surface area contributed by atoms with Crippen LogP contribution in [0.4, 0.5) is 0 Å². The number of rotatable bonds is 2. The molecular weight excluding hydrogens is 326 g/mol. The number of ketones is 1. The van der Waals surface area contributed by atoms with Crippen molar-refractivity contribution >= 4 is 5.78 Å². The summed E-state index contributed by atoms with van der Waals surface area (Å²) in [4.78, 5) is 16.0. The fraction of sp³-hybridized carbons (Fsp3) is 0.682. The van der Waals surface area contributed by atoms with Crippen molar-refractivity contribution in [3.8, 4) is 11.5 Å². The Hall–Kier alpha value is -1.55. The lowest BCUT2D eigenvalue weighted by molar-refractivity contribution is -0.151. The molecule has 0 amide bonds. The van der Waals surface area contributed by atoms with Crippen molar-refractivity contribution < 1.29 is 14.6 Å². The SMILES string of the molecule is CC1C2C3Cc4ccc(O)c5c4C2(CCN3CC2CC2)C(O5)C(=O)[C@H]1C. The predicted molar refractivity (Wildman–Crippen MR) is 97.4 cm³/mol. The van der Waals surface area contributed by atoms with Gasteiger partial charge >= 0.3 is 0 Å². The van der Waals surface area contributed by atoms with Crippen molar-refractivity contribution in [3.63, 3.8) is 0 Å². The highest BCUT2D eigenvalue weighted by molar-refractivity contribution is 5.91. The number of piperidine rings is 1. The van der Waals surface area contributed by atoms with Gasteiger partial charge in [0.1, 0.15) is 0 Å². The zero-order valence-electron chi connectivity index (χ0n) is 15.6. The van der Waals surface area contributed by atoms with E-state index in [1.165, 1.54) is 30.5 Å². The molecule has 4 nitrogen and oxygen atoms in total. The van der Waals surface area contributed by atoms with E-state index in [9.17, 15) is 9.90 Å². The number of nitrogens with zero attached hydrogens (tertiary/aromatic N) is 1. The van der Waals surface area contributed by atoms with Crippen LogP contribution in [0.1, 0.15) is 44.2 Å². The minimum atomic E-state index is -0.397. The van der Waals surface area contributed by atoms with Gasteiger partial charge in [-0.2, -0.15) is 0 Å². The zero-order valence-corrected chi connectivity index (χ0v) is 15.6. The van der Waals surface area contributed by atoms with Gasteiger partial charge < -0.3 is 9.84 Å². The number of Topliss-reactive ketones (excluding diaryl/α,β-unsaturated/α-hetero) is 1. The molecule has 5 aliphatic rings. The molecule has 6 atom stereocenters. The first-order valence-corrected chi connectivity index (χ1v) is 10.3. The van der Waals surface area contributed by atoms with Crippen LogP contribution < -0.4 is 4.74 Å². The molecule has 1 spiro atoms. The third kappa shape index (κ3) is 1.68. The van der Waals surface area contributed by atoms with Gasteiger partial charge in [0.25, 0.3) is 0 Å². The van der Waals surface area contributed by atoms with Gasteiger partial charge in [0.2, 0.25) is 0 Å². The zero-order chi connectivity index (χ0) is 17.8. The van der Waals surface area contributed by atoms with Crippen molar-refractivity contribution in [2.24, 2.45) is 23.7 Å². The van der Waals surface area contributed by atoms with Crippen LogP contribution in [0.2, 0.25) is 0 Å². The fourth-order valence-corrected chi connectivity index (χ4v) is 6.88. The van der Waals surface area contributed by atoms with Gasteiger partial charge in [-0.25, -0.2) is 0 Å². The van der Waals surface area contributed by atoms with Gasteiger partial charge in [-0.05, 0) is 61.6 Å². The Morgan fingerprint density at radius 2 is 2.12 bits per heavy atom. The molecule has 138 valence electrons. The molecule has 2 heterocycles. The number of phenols is 1. The average molecular weight is 353 g/mol. The number of benzene rings is 1. The van der Waals surface area contributed by atoms with E-state index in [4.69, 9.17) is 4.74 Å². The fourth-order valence-electron chi connectivity index (χ4n) is 6.88. The van der Waals surface area contributed by atoms with Gasteiger partial charge in [-0.3, -0.25) is 9.69 Å². The van der Waals surface area contributed by atoms with Gasteiger partial charge in [0.05, 0.1) is 0 Å². The van der Waals surface area contributed by atoms with Crippen LogP contribution in [0.5, 0.6) is 11.5 Å². The number of hydrogen-bond acceptors (Lipinski definition) is 4. The number of hydrogen-bond donors (Lipinski definition) is 1. The van der Waals surface area contributed by atoms with Crippen LogP contribution in [-0.2, 0) is 16.6 Å². The molecule has 6 rings (SSSR count). The van der Waals surface area contributed by atoms with Crippen molar-refractivity contribution in [2.45, 2.75) is 57.1 Å². The first-order chi connectivity index (χ1) is 12.5. The molecule has 1 aromatic rings. The van der Waals surface area contributed by atoms with Crippen LogP contribution in [-0.4, -0.2) is 41.0 Å². The Balaban J connectivity index is 1.56. The molecule has 1 N–H and O–H groups in total. The molecule has 4 heteroatoms. The highest BCUT2D eigenvalue weighted by Gasteiger charge is 2.69. The monoisotopic (exact) mass is 353 g/mol. The molecular formula is C22H27NO3. The maximum atomic E-state index is 13.2. The Bertz CT molecular complexity index is 816. The lowest BCUT2D eigenvalue weighted by Gasteiger charge is -2.61. The van der Waals surface area contributed by atoms with Crippen LogP contribution in [0.25, 0.3) is 0 Å². The maximum absolute atomic E-state index is 13.2. The molecule has 2 bridgehead atoms. The molecule has 5 unspecified atom stereocenters. The third-order valence-corrected chi connectivity index (χ3v) is 8.36. The van der Waals surface area contributed by atoms with E-state index in [1.807, 2.05) is 0 Å². The number of phenolic OH excluding ortho intramolecular Hbond substituents is 1. The summed E-state index contributed by atoms with van der Waals surface area (Å²) >= 11 is 0. The van der Waals surface area contributed by atoms with E-state index >= 15 is 0 Å². The van der Waals surface area contributed by atoms with E-state index in [2.05, 4.69) is 24.8 Å². The van der Waals surface area contributed by atoms with Crippen molar-refractivity contribution in [3.05, 3.63) is 23.3 Å². The molecule has 1 aromatic carbocycles. The lowest BCUT2D eigenvalue weighted by atomic mass is 9.47. The molecule has 3 fully saturated rings. The molecule has 3 aliphatic carbocycles. The van der Waals surface area contributed by atoms with Gasteiger partial charge in [0.15, 0.2) is 23.4 Å². The molecule has 26 heavy (non-hydrogen) atoms. The van der Waals surface area contributed by atoms with E-state index in [0.717, 1.165) is 25.3 Å². The first kappa shape index (κ1) is 15.5. The van der Waals surface area contributed by atoms with Crippen LogP contribution in [0.15, 0.2) is 12.1 Å². The van der Waals surface area contributed by atoms with E-state index in [1.54, 1.807) is 6.07 Å². The molecule has 2 aliphatic heterocycles. The Kier molecular flexibility index (Phi) is 2.88. The normalized spacial score (nSPS) is 43.2. The Morgan fingerprint density at radius 1 is 1.31 bits per heavy atom. The van der Waals surface area contributed by atoms with E-state index in [-0.39, 0.29) is 22.9 Å². The highest BCUT2D eigenvalue weighted by atomic mass is 16.5. The second-order valence-electron chi connectivity index (χ2n) is 9.52. The minimum absolute atomic E-state index is 0.0273. The number of ether oxygens (including phenoxy) is 1. The standard InChI is InChI=1S/C22H27NO3/c1-11-12(2)19(25)21-22-7-8-23(10-13-3-4-13)15(17(11)22)9-14-5-6-16(24)20(26-21)18(14)22/h5-6,11-13,15,17,21,24H,3-4,7-10H2,1-2H3/t11?,12-,15?,17?,21?,22?/m0/s1. The summed E-state index contributed by atoms with van der Waals surface area (Å²) in [5, 5.41) is 10.5. The number of carbonyl (C=O) groups excluding carboxylic acids is 1. The van der Waals surface area contributed by atoms with Crippen molar-refractivity contribution in [2.75, 3.05) is 13.1 Å². The molecule has 2 saturated carbocycles. The van der Waals surface area contributed by atoms with Crippen molar-refractivity contribution in [1.29, 1.82) is 0 Å². The van der Waals surface area contributed by atoms with E-state index in [0.29, 0.717) is 23.6 Å². The van der Waals surface area contributed by atoms with Gasteiger partial charge in [-0.1, -0.05) is 19.9 Å². The van der Waals surface area contributed by atoms with Crippen molar-refractivity contribution in [1.82, 2.24) is 4.90 Å². The molecule has 0 aromatic heterocycles. The van der Waals surface area contributed by atoms with Gasteiger partial charge in [-0.15, -0.1) is 0 Å². The summed E-state index contributed by atoms with van der Waals surface area (Å²) in [6, 6.07) is 4.35. The van der Waals surface area contributed by atoms with Crippen LogP contribution in [0.3, 0.4) is 0 Å². The van der Waals surface area contributed by atoms with Crippen LogP contribution >= 0.6 is 0 Å². The topological polar surface area (TPSA) is 49.8 Å². The first-order valence-electron chi connectivity index (χ1n) is 10.3. The smallest absolute Gasteiger partial charge is 0.177 e. The lowest BCUT2D eigenvalue weighted by Crippen LogP contribution is -2.69. The number of aromatic hydroxyl groups is 1. The summed E-state index contributed by atoms with van der Waals surface area (Å²) in [6.45, 7) is 6.64. The summed E-state index contributed by atoms with van der Waals surface area (Å²) in [5.41, 5.74) is 2.27. The quantitative estimate of drug-likeness (QED) is 0.888. The largest absolute Gasteiger partial charge is 0.504 e. The third-order valence-electron chi connectivity index (χ3n) is 8.36. The van der Waals surface area contributed by atoms with Crippen LogP contribution in [0, 0.1) is 23.7 Å². The second kappa shape index (κ2) is 4.83. The minimum Gasteiger partial charge on any atom is -0.504 e. The Labute approximate surface area is 154 Å². The second-order valence-corrected chi connectivity index (χ2v) is 9.52. The van der Waals surface area contributed by atoms with E-state index < -0.39 is 6.10 Å². The summed E-state index contributed by atoms with van der Waals surface area (Å²) in [7, 11) is 0. The maximum Gasteiger partial charge on any atom is 0.177 e. The number of carbonyl (C=O) groups is 1. The highest BCUT2D eigenvalue weighted by Crippen LogP contribution is 2.65. The molecule has 1 saturated heterocycles. The summed E-state index contributed by atoms with van der Waals surface area (Å²) in [6.07, 6.45) is 4.38. The summed E-state index contributed by atoms with van der Waals surface area (Å²) < 4.78 is 6.25. The number of likely N-dealkylation sites (tertiary alicyclic amines) is 1. The Morgan fingerprint density at radius 3 is 2.88 bits per heavy atom.